The van der Waals surface area contributed by atoms with Crippen LogP contribution in [0, 0.1) is 5.92 Å². The molecule has 0 aromatic heterocycles. The van der Waals surface area contributed by atoms with Gasteiger partial charge in [-0.3, -0.25) is 4.79 Å². The Labute approximate surface area is 72.6 Å². The summed E-state index contributed by atoms with van der Waals surface area (Å²) in [5, 5.41) is 0. The number of rotatable bonds is 0. The number of hydrogen-bond acceptors (Lipinski definition) is 2. The van der Waals surface area contributed by atoms with Crippen LogP contribution in [-0.2, 0) is 9.53 Å². The van der Waals surface area contributed by atoms with Crippen LogP contribution in [0.25, 0.3) is 0 Å². The Bertz CT molecular complexity index is 253. The lowest BCUT2D eigenvalue weighted by Gasteiger charge is -2.22. The summed E-state index contributed by atoms with van der Waals surface area (Å²) in [4.78, 5) is 11.4. The zero-order chi connectivity index (χ0) is 8.72. The highest BCUT2D eigenvalue weighted by Gasteiger charge is 2.34. The topological polar surface area (TPSA) is 26.3 Å². The van der Waals surface area contributed by atoms with Gasteiger partial charge in [0.05, 0.1) is 6.10 Å². The summed E-state index contributed by atoms with van der Waals surface area (Å²) in [6, 6.07) is 0. The van der Waals surface area contributed by atoms with Crippen LogP contribution in [0.3, 0.4) is 0 Å². The van der Waals surface area contributed by atoms with Crippen molar-refractivity contribution in [2.24, 2.45) is 5.92 Å². The Morgan fingerprint density at radius 1 is 1.42 bits per heavy atom. The maximum Gasteiger partial charge on any atom is 0.197 e. The van der Waals surface area contributed by atoms with Gasteiger partial charge in [0.25, 0.3) is 0 Å². The fourth-order valence-electron chi connectivity index (χ4n) is 2.02. The number of ketones is 1. The first-order chi connectivity index (χ1) is 5.68. The molecule has 0 amide bonds. The van der Waals surface area contributed by atoms with Crippen molar-refractivity contribution >= 4 is 5.78 Å². The minimum Gasteiger partial charge on any atom is -0.487 e. The summed E-state index contributed by atoms with van der Waals surface area (Å²) in [5.74, 6) is 1.34. The predicted octanol–water partition coefficient (Wildman–Crippen LogP) is 2.05. The van der Waals surface area contributed by atoms with Gasteiger partial charge in [0.1, 0.15) is 0 Å². The lowest BCUT2D eigenvalue weighted by atomic mass is 9.97. The molecule has 0 saturated carbocycles. The van der Waals surface area contributed by atoms with Gasteiger partial charge >= 0.3 is 0 Å². The second-order valence-electron chi connectivity index (χ2n) is 3.85. The molecule has 2 heteroatoms. The molecule has 1 aliphatic carbocycles. The van der Waals surface area contributed by atoms with Crippen LogP contribution in [0.2, 0.25) is 0 Å². The largest absolute Gasteiger partial charge is 0.487 e. The Balaban J connectivity index is 2.29. The molecule has 0 radical (unpaired) electrons. The van der Waals surface area contributed by atoms with Crippen LogP contribution < -0.4 is 0 Å². The number of carbonyl (C=O) groups is 1. The summed E-state index contributed by atoms with van der Waals surface area (Å²) in [5.41, 5.74) is 1.26. The minimum absolute atomic E-state index is 0.212. The molecule has 2 nitrogen and oxygen atoms in total. The normalized spacial score (nSPS) is 35.0. The Kier molecular flexibility index (Phi) is 1.71. The zero-order valence-electron chi connectivity index (χ0n) is 7.59. The predicted molar refractivity (Wildman–Crippen MR) is 45.6 cm³/mol. The molecule has 12 heavy (non-hydrogen) atoms. The van der Waals surface area contributed by atoms with Gasteiger partial charge in [-0.15, -0.1) is 0 Å². The van der Waals surface area contributed by atoms with Crippen LogP contribution in [0.1, 0.15) is 33.1 Å². The van der Waals surface area contributed by atoms with E-state index in [9.17, 15) is 4.79 Å². The lowest BCUT2D eigenvalue weighted by molar-refractivity contribution is -0.119. The maximum absolute atomic E-state index is 11.4. The van der Waals surface area contributed by atoms with Crippen molar-refractivity contribution in [2.45, 2.75) is 39.2 Å². The lowest BCUT2D eigenvalue weighted by Crippen LogP contribution is -2.16. The van der Waals surface area contributed by atoms with E-state index in [1.54, 1.807) is 0 Å². The number of hydrogen-bond donors (Lipinski definition) is 0. The molecule has 0 saturated heterocycles. The average molecular weight is 166 g/mol. The van der Waals surface area contributed by atoms with Gasteiger partial charge in [0, 0.05) is 6.42 Å². The fraction of sp³-hybridized carbons (Fsp3) is 0.700. The van der Waals surface area contributed by atoms with Crippen LogP contribution in [0.5, 0.6) is 0 Å². The molecule has 0 fully saturated rings. The van der Waals surface area contributed by atoms with Gasteiger partial charge in [0.2, 0.25) is 0 Å². The monoisotopic (exact) mass is 166 g/mol. The molecular weight excluding hydrogens is 152 g/mol. The maximum atomic E-state index is 11.4. The van der Waals surface area contributed by atoms with E-state index in [4.69, 9.17) is 4.74 Å². The SMILES string of the molecule is CC1CCC2=C(O1)C(=O)CC2C. The standard InChI is InChI=1S/C10H14O2/c1-6-5-9(11)10-8(6)4-3-7(2)12-10/h6-7H,3-5H2,1-2H3. The van der Waals surface area contributed by atoms with Gasteiger partial charge < -0.3 is 4.74 Å². The molecule has 0 spiro atoms. The van der Waals surface area contributed by atoms with Crippen molar-refractivity contribution < 1.29 is 9.53 Å². The van der Waals surface area contributed by atoms with E-state index in [-0.39, 0.29) is 11.9 Å². The van der Waals surface area contributed by atoms with Crippen molar-refractivity contribution in [3.05, 3.63) is 11.3 Å². The van der Waals surface area contributed by atoms with E-state index < -0.39 is 0 Å². The molecule has 2 unspecified atom stereocenters. The van der Waals surface area contributed by atoms with Crippen molar-refractivity contribution in [3.63, 3.8) is 0 Å². The van der Waals surface area contributed by atoms with E-state index in [1.807, 2.05) is 6.92 Å². The number of Topliss-reactive ketones (excluding diaryl/α,β-unsaturated/α-hetero) is 1. The van der Waals surface area contributed by atoms with Crippen molar-refractivity contribution in [3.8, 4) is 0 Å². The van der Waals surface area contributed by atoms with Gasteiger partial charge in [-0.1, -0.05) is 6.92 Å². The van der Waals surface area contributed by atoms with Gasteiger partial charge in [-0.25, -0.2) is 0 Å². The van der Waals surface area contributed by atoms with E-state index in [1.165, 1.54) is 5.57 Å². The molecule has 2 aliphatic rings. The highest BCUT2D eigenvalue weighted by atomic mass is 16.5. The highest BCUT2D eigenvalue weighted by molar-refractivity contribution is 5.97. The quantitative estimate of drug-likeness (QED) is 0.550. The van der Waals surface area contributed by atoms with Crippen LogP contribution >= 0.6 is 0 Å². The molecule has 0 aromatic carbocycles. The smallest absolute Gasteiger partial charge is 0.197 e. The van der Waals surface area contributed by atoms with Crippen molar-refractivity contribution in [1.82, 2.24) is 0 Å². The number of allylic oxidation sites excluding steroid dienone is 2. The molecule has 1 aliphatic heterocycles. The molecule has 0 aromatic rings. The Hall–Kier alpha value is -0.790. The first-order valence-electron chi connectivity index (χ1n) is 4.61. The summed E-state index contributed by atoms with van der Waals surface area (Å²) >= 11 is 0. The molecule has 2 atom stereocenters. The number of ether oxygens (including phenoxy) is 1. The third-order valence-electron chi connectivity index (χ3n) is 2.77. The molecular formula is C10H14O2. The second-order valence-corrected chi connectivity index (χ2v) is 3.85. The summed E-state index contributed by atoms with van der Waals surface area (Å²) in [6.07, 6.45) is 3.02. The van der Waals surface area contributed by atoms with E-state index in [0.717, 1.165) is 12.8 Å². The van der Waals surface area contributed by atoms with E-state index >= 15 is 0 Å². The van der Waals surface area contributed by atoms with Crippen molar-refractivity contribution in [2.75, 3.05) is 0 Å². The Morgan fingerprint density at radius 2 is 2.17 bits per heavy atom. The minimum atomic E-state index is 0.212. The summed E-state index contributed by atoms with van der Waals surface area (Å²) in [7, 11) is 0. The van der Waals surface area contributed by atoms with E-state index in [0.29, 0.717) is 18.1 Å². The second kappa shape index (κ2) is 2.61. The Morgan fingerprint density at radius 3 is 2.92 bits per heavy atom. The molecule has 1 heterocycles. The van der Waals surface area contributed by atoms with Gasteiger partial charge in [0.15, 0.2) is 11.5 Å². The van der Waals surface area contributed by atoms with Crippen LogP contribution in [0.15, 0.2) is 11.3 Å². The summed E-state index contributed by atoms with van der Waals surface area (Å²) in [6.45, 7) is 4.14. The fourth-order valence-corrected chi connectivity index (χ4v) is 2.02. The van der Waals surface area contributed by atoms with E-state index in [2.05, 4.69) is 6.92 Å². The van der Waals surface area contributed by atoms with Crippen LogP contribution in [0.4, 0.5) is 0 Å². The molecule has 0 N–H and O–H groups in total. The third kappa shape index (κ3) is 1.06. The third-order valence-corrected chi connectivity index (χ3v) is 2.77. The van der Waals surface area contributed by atoms with Gasteiger partial charge in [-0.05, 0) is 31.3 Å². The number of carbonyl (C=O) groups excluding carboxylic acids is 1. The molecule has 0 bridgehead atoms. The first-order valence-corrected chi connectivity index (χ1v) is 4.61. The van der Waals surface area contributed by atoms with Crippen LogP contribution in [-0.4, -0.2) is 11.9 Å². The highest BCUT2D eigenvalue weighted by Crippen LogP contribution is 2.37. The zero-order valence-corrected chi connectivity index (χ0v) is 7.59. The van der Waals surface area contributed by atoms with Crippen molar-refractivity contribution in [1.29, 1.82) is 0 Å². The molecule has 66 valence electrons. The average Bonchev–Trinajstić information content (AvgIpc) is 2.28. The summed E-state index contributed by atoms with van der Waals surface area (Å²) < 4.78 is 5.52. The molecule has 2 rings (SSSR count). The first kappa shape index (κ1) is 7.84. The van der Waals surface area contributed by atoms with Gasteiger partial charge in [-0.2, -0.15) is 0 Å².